The highest BCUT2D eigenvalue weighted by molar-refractivity contribution is 6.33. The average molecular weight is 378 g/mol. The molecule has 2 aromatic rings. The Labute approximate surface area is 147 Å². The first-order chi connectivity index (χ1) is 11.7. The number of hydrogen-bond donors (Lipinski definition) is 2. The smallest absolute Gasteiger partial charge is 0.348 e. The van der Waals surface area contributed by atoms with Crippen LogP contribution >= 0.6 is 11.6 Å². The molecule has 25 heavy (non-hydrogen) atoms. The zero-order chi connectivity index (χ0) is 18.8. The van der Waals surface area contributed by atoms with Crippen LogP contribution in [0.25, 0.3) is 5.65 Å². The summed E-state index contributed by atoms with van der Waals surface area (Å²) in [5, 5.41) is 10.1. The molecule has 0 bridgehead atoms. The Morgan fingerprint density at radius 3 is 2.48 bits per heavy atom. The van der Waals surface area contributed by atoms with Crippen LogP contribution in [0.15, 0.2) is 12.3 Å². The van der Waals surface area contributed by atoms with Crippen molar-refractivity contribution in [3.05, 3.63) is 28.7 Å². The standard InChI is InChI=1S/C15H19ClF3N5O/c1-3-14(4-2,8-20)13(25)21-6-11-22-23-12-10(16)5-9(7-24(11)12)15(17,18)19/h5,7H,3-4,6,8,20H2,1-2H3,(H,21,25). The second kappa shape index (κ2) is 7.17. The molecule has 138 valence electrons. The van der Waals surface area contributed by atoms with Gasteiger partial charge >= 0.3 is 6.18 Å². The molecule has 10 heteroatoms. The van der Waals surface area contributed by atoms with E-state index in [0.29, 0.717) is 12.8 Å². The summed E-state index contributed by atoms with van der Waals surface area (Å²) in [5.74, 6) is -0.121. The van der Waals surface area contributed by atoms with E-state index >= 15 is 0 Å². The van der Waals surface area contributed by atoms with Crippen molar-refractivity contribution in [2.75, 3.05) is 6.54 Å². The SMILES string of the molecule is CCC(CC)(CN)C(=O)NCc1nnc2c(Cl)cc(C(F)(F)F)cn12. The van der Waals surface area contributed by atoms with Crippen molar-refractivity contribution < 1.29 is 18.0 Å². The van der Waals surface area contributed by atoms with Gasteiger partial charge in [0.25, 0.3) is 0 Å². The lowest BCUT2D eigenvalue weighted by molar-refractivity contribution is -0.138. The molecule has 2 rings (SSSR count). The second-order valence-electron chi connectivity index (χ2n) is 5.76. The maximum Gasteiger partial charge on any atom is 0.417 e. The van der Waals surface area contributed by atoms with Crippen molar-refractivity contribution in [3.63, 3.8) is 0 Å². The molecule has 2 heterocycles. The highest BCUT2D eigenvalue weighted by Gasteiger charge is 2.34. The monoisotopic (exact) mass is 377 g/mol. The quantitative estimate of drug-likeness (QED) is 0.810. The number of nitrogens with zero attached hydrogens (tertiary/aromatic N) is 3. The van der Waals surface area contributed by atoms with Gasteiger partial charge in [-0.05, 0) is 18.9 Å². The van der Waals surface area contributed by atoms with Gasteiger partial charge in [-0.15, -0.1) is 10.2 Å². The number of aromatic nitrogens is 3. The summed E-state index contributed by atoms with van der Waals surface area (Å²) in [6.07, 6.45) is -2.59. The molecule has 0 saturated heterocycles. The predicted molar refractivity (Wildman–Crippen MR) is 86.9 cm³/mol. The molecule has 0 fully saturated rings. The molecule has 0 aliphatic carbocycles. The lowest BCUT2D eigenvalue weighted by atomic mass is 9.81. The Bertz CT molecular complexity index is 762. The van der Waals surface area contributed by atoms with Gasteiger partial charge < -0.3 is 11.1 Å². The van der Waals surface area contributed by atoms with Crippen molar-refractivity contribution in [2.24, 2.45) is 11.1 Å². The minimum absolute atomic E-state index is 0.0839. The number of carbonyl (C=O) groups is 1. The zero-order valence-corrected chi connectivity index (χ0v) is 14.6. The maximum absolute atomic E-state index is 12.9. The van der Waals surface area contributed by atoms with Gasteiger partial charge in [-0.3, -0.25) is 9.20 Å². The van der Waals surface area contributed by atoms with E-state index in [1.165, 1.54) is 0 Å². The van der Waals surface area contributed by atoms with Crippen LogP contribution in [0.3, 0.4) is 0 Å². The van der Waals surface area contributed by atoms with E-state index in [4.69, 9.17) is 17.3 Å². The number of nitrogens with one attached hydrogen (secondary N) is 1. The van der Waals surface area contributed by atoms with E-state index in [9.17, 15) is 18.0 Å². The van der Waals surface area contributed by atoms with Gasteiger partial charge in [0, 0.05) is 12.7 Å². The van der Waals surface area contributed by atoms with E-state index in [1.54, 1.807) is 0 Å². The molecule has 0 atom stereocenters. The summed E-state index contributed by atoms with van der Waals surface area (Å²) >= 11 is 5.86. The molecule has 0 radical (unpaired) electrons. The van der Waals surface area contributed by atoms with Crippen molar-refractivity contribution >= 4 is 23.2 Å². The zero-order valence-electron chi connectivity index (χ0n) is 13.8. The van der Waals surface area contributed by atoms with E-state index in [-0.39, 0.29) is 35.5 Å². The van der Waals surface area contributed by atoms with Gasteiger partial charge in [0.05, 0.1) is 22.5 Å². The number of hydrogen-bond acceptors (Lipinski definition) is 4. The fraction of sp³-hybridized carbons (Fsp3) is 0.533. The van der Waals surface area contributed by atoms with Crippen molar-refractivity contribution in [2.45, 2.75) is 39.4 Å². The lowest BCUT2D eigenvalue weighted by Crippen LogP contribution is -2.45. The normalized spacial score (nSPS) is 12.6. The third-order valence-electron chi connectivity index (χ3n) is 4.49. The summed E-state index contributed by atoms with van der Waals surface area (Å²) in [7, 11) is 0. The molecule has 0 spiro atoms. The third-order valence-corrected chi connectivity index (χ3v) is 4.77. The van der Waals surface area contributed by atoms with E-state index in [0.717, 1.165) is 16.7 Å². The maximum atomic E-state index is 12.9. The summed E-state index contributed by atoms with van der Waals surface area (Å²) < 4.78 is 40.0. The summed E-state index contributed by atoms with van der Waals surface area (Å²) in [6, 6.07) is 0.793. The second-order valence-corrected chi connectivity index (χ2v) is 6.17. The number of carbonyl (C=O) groups excluding carboxylic acids is 1. The Morgan fingerprint density at radius 2 is 1.96 bits per heavy atom. The number of alkyl halides is 3. The third kappa shape index (κ3) is 3.72. The van der Waals surface area contributed by atoms with Gasteiger partial charge in [-0.2, -0.15) is 13.2 Å². The molecule has 0 saturated carbocycles. The Hall–Kier alpha value is -1.87. The molecule has 0 aliphatic heterocycles. The first kappa shape index (κ1) is 19.5. The van der Waals surface area contributed by atoms with E-state index < -0.39 is 17.2 Å². The van der Waals surface area contributed by atoms with Crippen molar-refractivity contribution in [3.8, 4) is 0 Å². The minimum atomic E-state index is -4.55. The number of halogens is 4. The number of rotatable bonds is 6. The first-order valence-electron chi connectivity index (χ1n) is 7.77. The predicted octanol–water partition coefficient (Wildman–Crippen LogP) is 2.78. The van der Waals surface area contributed by atoms with Crippen LogP contribution in [0.5, 0.6) is 0 Å². The first-order valence-corrected chi connectivity index (χ1v) is 8.15. The average Bonchev–Trinajstić information content (AvgIpc) is 2.98. The number of fused-ring (bicyclic) bond motifs is 1. The number of pyridine rings is 1. The molecule has 3 N–H and O–H groups in total. The fourth-order valence-electron chi connectivity index (χ4n) is 2.57. The molecule has 1 amide bonds. The van der Waals surface area contributed by atoms with Crippen molar-refractivity contribution in [1.82, 2.24) is 19.9 Å². The van der Waals surface area contributed by atoms with Gasteiger partial charge in [-0.25, -0.2) is 0 Å². The van der Waals surface area contributed by atoms with Crippen LogP contribution < -0.4 is 11.1 Å². The van der Waals surface area contributed by atoms with Crippen molar-refractivity contribution in [1.29, 1.82) is 0 Å². The molecule has 0 aliphatic rings. The molecule has 2 aromatic heterocycles. The van der Waals surface area contributed by atoms with Crippen LogP contribution in [-0.4, -0.2) is 27.0 Å². The largest absolute Gasteiger partial charge is 0.417 e. The number of nitrogens with two attached hydrogens (primary N) is 1. The fourth-order valence-corrected chi connectivity index (χ4v) is 2.82. The Kier molecular flexibility index (Phi) is 5.58. The molecular formula is C15H19ClF3N5O. The van der Waals surface area contributed by atoms with Gasteiger partial charge in [-0.1, -0.05) is 25.4 Å². The molecule has 0 aromatic carbocycles. The summed E-state index contributed by atoms with van der Waals surface area (Å²) in [4.78, 5) is 12.4. The molecule has 6 nitrogen and oxygen atoms in total. The number of amides is 1. The highest BCUT2D eigenvalue weighted by Crippen LogP contribution is 2.32. The molecular weight excluding hydrogens is 359 g/mol. The van der Waals surface area contributed by atoms with Crippen LogP contribution in [0.1, 0.15) is 38.1 Å². The Balaban J connectivity index is 2.30. The van der Waals surface area contributed by atoms with Crippen LogP contribution in [-0.2, 0) is 17.5 Å². The highest BCUT2D eigenvalue weighted by atomic mass is 35.5. The Morgan fingerprint density at radius 1 is 1.32 bits per heavy atom. The summed E-state index contributed by atoms with van der Waals surface area (Å²) in [5.41, 5.74) is 4.18. The minimum Gasteiger partial charge on any atom is -0.348 e. The van der Waals surface area contributed by atoms with E-state index in [1.807, 2.05) is 13.8 Å². The van der Waals surface area contributed by atoms with Gasteiger partial charge in [0.15, 0.2) is 11.5 Å². The van der Waals surface area contributed by atoms with Crippen LogP contribution in [0.2, 0.25) is 5.02 Å². The summed E-state index contributed by atoms with van der Waals surface area (Å²) in [6.45, 7) is 3.81. The topological polar surface area (TPSA) is 85.3 Å². The van der Waals surface area contributed by atoms with Gasteiger partial charge in [0.1, 0.15) is 0 Å². The molecule has 0 unspecified atom stereocenters. The lowest BCUT2D eigenvalue weighted by Gasteiger charge is -2.28. The van der Waals surface area contributed by atoms with E-state index in [2.05, 4.69) is 15.5 Å². The van der Waals surface area contributed by atoms with Crippen LogP contribution in [0.4, 0.5) is 13.2 Å². The van der Waals surface area contributed by atoms with Crippen LogP contribution in [0, 0.1) is 5.41 Å². The van der Waals surface area contributed by atoms with Gasteiger partial charge in [0.2, 0.25) is 5.91 Å².